The van der Waals surface area contributed by atoms with Crippen LogP contribution in [0, 0.1) is 5.92 Å². The summed E-state index contributed by atoms with van der Waals surface area (Å²) in [5, 5.41) is 14.8. The molecule has 7 nitrogen and oxygen atoms in total. The molecule has 21 heavy (non-hydrogen) atoms. The number of nitrogens with zero attached hydrogens (tertiary/aromatic N) is 5. The zero-order valence-corrected chi connectivity index (χ0v) is 12.5. The molecule has 2 aromatic heterocycles. The minimum absolute atomic E-state index is 0.0416. The van der Waals surface area contributed by atoms with Crippen molar-refractivity contribution in [2.24, 2.45) is 5.92 Å². The van der Waals surface area contributed by atoms with Gasteiger partial charge in [-0.05, 0) is 17.9 Å². The van der Waals surface area contributed by atoms with Crippen molar-refractivity contribution >= 4 is 17.7 Å². The molecule has 1 N–H and O–H groups in total. The summed E-state index contributed by atoms with van der Waals surface area (Å²) in [6, 6.07) is 3.75. The Hall–Kier alpha value is -1.96. The van der Waals surface area contributed by atoms with Crippen molar-refractivity contribution in [3.63, 3.8) is 0 Å². The second kappa shape index (κ2) is 6.21. The summed E-state index contributed by atoms with van der Waals surface area (Å²) < 4.78 is 0. The van der Waals surface area contributed by atoms with E-state index in [0.717, 1.165) is 30.3 Å². The van der Waals surface area contributed by atoms with Crippen molar-refractivity contribution in [2.75, 3.05) is 18.8 Å². The number of rotatable bonds is 5. The maximum Gasteiger partial charge on any atom is 0.255 e. The number of carbonyl (C=O) groups excluding carboxylic acids is 1. The van der Waals surface area contributed by atoms with Gasteiger partial charge in [-0.2, -0.15) is 5.21 Å². The fraction of sp³-hybridized carbons (Fsp3) is 0.462. The molecule has 1 saturated heterocycles. The van der Waals surface area contributed by atoms with Crippen molar-refractivity contribution in [1.29, 1.82) is 0 Å². The molecule has 2 aromatic rings. The van der Waals surface area contributed by atoms with Gasteiger partial charge in [-0.25, -0.2) is 4.98 Å². The zero-order chi connectivity index (χ0) is 14.7. The van der Waals surface area contributed by atoms with Gasteiger partial charge in [-0.15, -0.1) is 22.0 Å². The zero-order valence-electron chi connectivity index (χ0n) is 11.7. The Morgan fingerprint density at radius 2 is 2.33 bits per heavy atom. The van der Waals surface area contributed by atoms with E-state index in [1.165, 1.54) is 0 Å². The number of carbonyl (C=O) groups is 1. The largest absolute Gasteiger partial charge is 0.338 e. The highest BCUT2D eigenvalue weighted by Crippen LogP contribution is 2.22. The molecule has 0 spiro atoms. The minimum Gasteiger partial charge on any atom is -0.338 e. The molecule has 1 fully saturated rings. The summed E-state index contributed by atoms with van der Waals surface area (Å²) in [6.45, 7) is 3.55. The summed E-state index contributed by atoms with van der Waals surface area (Å²) in [7, 11) is 0. The van der Waals surface area contributed by atoms with Crippen LogP contribution in [0.15, 0.2) is 23.4 Å². The Morgan fingerprint density at radius 3 is 2.95 bits per heavy atom. The number of hydrogen-bond donors (Lipinski definition) is 1. The van der Waals surface area contributed by atoms with Crippen LogP contribution in [0.4, 0.5) is 0 Å². The van der Waals surface area contributed by atoms with Gasteiger partial charge in [0, 0.05) is 31.6 Å². The van der Waals surface area contributed by atoms with E-state index in [1.54, 1.807) is 18.0 Å². The van der Waals surface area contributed by atoms with Gasteiger partial charge in [-0.1, -0.05) is 12.1 Å². The molecule has 3 rings (SSSR count). The van der Waals surface area contributed by atoms with E-state index in [0.29, 0.717) is 17.3 Å². The van der Waals surface area contributed by atoms with Crippen molar-refractivity contribution in [3.8, 4) is 0 Å². The molecule has 0 unspecified atom stereocenters. The first-order valence-electron chi connectivity index (χ1n) is 6.86. The van der Waals surface area contributed by atoms with Crippen LogP contribution in [0.2, 0.25) is 0 Å². The Bertz CT molecular complexity index is 594. The normalized spacial score (nSPS) is 15.0. The molecule has 0 aliphatic carbocycles. The van der Waals surface area contributed by atoms with E-state index in [2.05, 4.69) is 32.5 Å². The lowest BCUT2D eigenvalue weighted by Crippen LogP contribution is -2.50. The lowest BCUT2D eigenvalue weighted by atomic mass is 9.95. The fourth-order valence-corrected chi connectivity index (χ4v) is 2.90. The third-order valence-corrected chi connectivity index (χ3v) is 4.21. The second-order valence-electron chi connectivity index (χ2n) is 4.93. The van der Waals surface area contributed by atoms with Crippen LogP contribution in [0.5, 0.6) is 0 Å². The summed E-state index contributed by atoms with van der Waals surface area (Å²) in [6.07, 6.45) is 2.41. The van der Waals surface area contributed by atoms with Gasteiger partial charge < -0.3 is 4.90 Å². The number of H-pyrrole nitrogens is 1. The Labute approximate surface area is 126 Å². The van der Waals surface area contributed by atoms with Gasteiger partial charge in [0.1, 0.15) is 0 Å². The van der Waals surface area contributed by atoms with Crippen molar-refractivity contribution in [2.45, 2.75) is 18.4 Å². The van der Waals surface area contributed by atoms with Crippen LogP contribution >= 0.6 is 11.8 Å². The molecule has 0 bridgehead atoms. The van der Waals surface area contributed by atoms with Crippen LogP contribution in [0.1, 0.15) is 23.1 Å². The van der Waals surface area contributed by atoms with Crippen molar-refractivity contribution < 1.29 is 4.79 Å². The molecule has 0 saturated carbocycles. The number of hydrogen-bond acceptors (Lipinski definition) is 6. The van der Waals surface area contributed by atoms with E-state index in [-0.39, 0.29) is 5.91 Å². The van der Waals surface area contributed by atoms with Gasteiger partial charge >= 0.3 is 0 Å². The van der Waals surface area contributed by atoms with Gasteiger partial charge in [0.15, 0.2) is 5.82 Å². The number of aromatic nitrogens is 5. The molecule has 3 heterocycles. The number of nitrogens with one attached hydrogen (secondary N) is 1. The van der Waals surface area contributed by atoms with E-state index in [4.69, 9.17) is 0 Å². The van der Waals surface area contributed by atoms with Crippen molar-refractivity contribution in [1.82, 2.24) is 30.5 Å². The van der Waals surface area contributed by atoms with Gasteiger partial charge in [-0.3, -0.25) is 4.79 Å². The molecule has 8 heteroatoms. The lowest BCUT2D eigenvalue weighted by Gasteiger charge is -2.38. The molecule has 1 amide bonds. The quantitative estimate of drug-likeness (QED) is 0.830. The summed E-state index contributed by atoms with van der Waals surface area (Å²) in [5.74, 6) is 2.13. The Kier molecular flexibility index (Phi) is 4.14. The van der Waals surface area contributed by atoms with Gasteiger partial charge in [0.2, 0.25) is 0 Å². The SMILES string of the molecule is CCSc1ccc(C(=O)N2CC(Cc3nn[nH]n3)C2)cn1. The summed E-state index contributed by atoms with van der Waals surface area (Å²) in [4.78, 5) is 18.4. The molecular formula is C13H16N6OS. The molecule has 0 radical (unpaired) electrons. The lowest BCUT2D eigenvalue weighted by molar-refractivity contribution is 0.0497. The molecule has 1 aliphatic heterocycles. The van der Waals surface area contributed by atoms with Crippen molar-refractivity contribution in [3.05, 3.63) is 29.7 Å². The maximum atomic E-state index is 12.3. The molecule has 0 aromatic carbocycles. The third kappa shape index (κ3) is 3.21. The Morgan fingerprint density at radius 1 is 1.48 bits per heavy atom. The van der Waals surface area contributed by atoms with Gasteiger partial charge in [0.05, 0.1) is 10.6 Å². The Balaban J connectivity index is 1.53. The minimum atomic E-state index is 0.0416. The van der Waals surface area contributed by atoms with E-state index >= 15 is 0 Å². The number of amides is 1. The fourth-order valence-electron chi connectivity index (χ4n) is 2.31. The number of tetrazole rings is 1. The monoisotopic (exact) mass is 304 g/mol. The first-order chi connectivity index (χ1) is 10.3. The predicted octanol–water partition coefficient (Wildman–Crippen LogP) is 1.02. The van der Waals surface area contributed by atoms with E-state index in [1.807, 2.05) is 17.0 Å². The third-order valence-electron chi connectivity index (χ3n) is 3.38. The highest BCUT2D eigenvalue weighted by atomic mass is 32.2. The first-order valence-corrected chi connectivity index (χ1v) is 7.85. The first kappa shape index (κ1) is 14.0. The standard InChI is InChI=1S/C13H16N6OS/c1-2-21-12-4-3-10(6-14-12)13(20)19-7-9(8-19)5-11-15-17-18-16-11/h3-4,6,9H,2,5,7-8H2,1H3,(H,15,16,17,18). The van der Waals surface area contributed by atoms with Gasteiger partial charge in [0.25, 0.3) is 5.91 Å². The van der Waals surface area contributed by atoms with E-state index in [9.17, 15) is 4.79 Å². The topological polar surface area (TPSA) is 87.7 Å². The molecule has 0 atom stereocenters. The van der Waals surface area contributed by atoms with E-state index < -0.39 is 0 Å². The number of pyridine rings is 1. The van der Waals surface area contributed by atoms with Crippen LogP contribution in [0.25, 0.3) is 0 Å². The molecular weight excluding hydrogens is 288 g/mol. The highest BCUT2D eigenvalue weighted by molar-refractivity contribution is 7.99. The summed E-state index contributed by atoms with van der Waals surface area (Å²) >= 11 is 1.67. The average molecular weight is 304 g/mol. The smallest absolute Gasteiger partial charge is 0.255 e. The average Bonchev–Trinajstić information content (AvgIpc) is 2.96. The number of thioether (sulfide) groups is 1. The van der Waals surface area contributed by atoms with Crippen LogP contribution in [-0.4, -0.2) is 55.3 Å². The number of likely N-dealkylation sites (tertiary alicyclic amines) is 1. The molecule has 1 aliphatic rings. The summed E-state index contributed by atoms with van der Waals surface area (Å²) in [5.41, 5.74) is 0.647. The van der Waals surface area contributed by atoms with Crippen LogP contribution in [0.3, 0.4) is 0 Å². The highest BCUT2D eigenvalue weighted by Gasteiger charge is 2.32. The predicted molar refractivity (Wildman–Crippen MR) is 77.9 cm³/mol. The molecule has 110 valence electrons. The second-order valence-corrected chi connectivity index (χ2v) is 6.21. The maximum absolute atomic E-state index is 12.3. The van der Waals surface area contributed by atoms with Crippen LogP contribution < -0.4 is 0 Å². The van der Waals surface area contributed by atoms with Crippen LogP contribution in [-0.2, 0) is 6.42 Å². The number of aromatic amines is 1.